The van der Waals surface area contributed by atoms with Gasteiger partial charge in [0.05, 0.1) is 6.10 Å². The van der Waals surface area contributed by atoms with Gasteiger partial charge in [-0.25, -0.2) is 9.97 Å². The molecule has 0 bridgehead atoms. The molecule has 0 fully saturated rings. The van der Waals surface area contributed by atoms with Gasteiger partial charge in [-0.3, -0.25) is 0 Å². The highest BCUT2D eigenvalue weighted by molar-refractivity contribution is 5.56. The number of aliphatic hydroxyl groups is 1. The van der Waals surface area contributed by atoms with Crippen LogP contribution in [0.15, 0.2) is 6.33 Å². The third-order valence-corrected chi connectivity index (χ3v) is 2.51. The average molecular weight is 238 g/mol. The summed E-state index contributed by atoms with van der Waals surface area (Å²) >= 11 is 0. The molecule has 2 unspecified atom stereocenters. The van der Waals surface area contributed by atoms with Gasteiger partial charge < -0.3 is 15.7 Å². The van der Waals surface area contributed by atoms with E-state index in [1.54, 1.807) is 13.3 Å². The number of nitrogens with one attached hydrogen (secondary N) is 2. The van der Waals surface area contributed by atoms with Crippen molar-refractivity contribution in [3.05, 3.63) is 11.9 Å². The minimum Gasteiger partial charge on any atom is -0.393 e. The van der Waals surface area contributed by atoms with Gasteiger partial charge in [-0.05, 0) is 34.1 Å². The monoisotopic (exact) mass is 238 g/mol. The molecule has 1 rings (SSSR count). The van der Waals surface area contributed by atoms with E-state index in [1.165, 1.54) is 0 Å². The number of nitrogens with zero attached hydrogens (tertiary/aromatic N) is 2. The molecular formula is C12H22N4O. The van der Waals surface area contributed by atoms with E-state index in [1.807, 2.05) is 20.8 Å². The maximum atomic E-state index is 9.32. The van der Waals surface area contributed by atoms with Crippen LogP contribution in [0.4, 0.5) is 11.6 Å². The summed E-state index contributed by atoms with van der Waals surface area (Å²) in [4.78, 5) is 8.41. The average Bonchev–Trinajstić information content (AvgIpc) is 2.23. The van der Waals surface area contributed by atoms with E-state index in [2.05, 4.69) is 20.6 Å². The molecular weight excluding hydrogens is 216 g/mol. The predicted molar refractivity (Wildman–Crippen MR) is 70.3 cm³/mol. The molecule has 3 N–H and O–H groups in total. The highest BCUT2D eigenvalue weighted by Gasteiger charge is 2.10. The van der Waals surface area contributed by atoms with Crippen LogP contribution in [-0.4, -0.2) is 33.8 Å². The molecule has 96 valence electrons. The summed E-state index contributed by atoms with van der Waals surface area (Å²) in [6, 6.07) is 0.179. The Labute approximate surface area is 103 Å². The molecule has 0 spiro atoms. The molecule has 0 aromatic carbocycles. The summed E-state index contributed by atoms with van der Waals surface area (Å²) in [6.07, 6.45) is 1.93. The molecule has 0 aliphatic rings. The Kier molecular flexibility index (Phi) is 5.15. The maximum absolute atomic E-state index is 9.32. The van der Waals surface area contributed by atoms with Crippen LogP contribution in [0.3, 0.4) is 0 Å². The molecule has 5 nitrogen and oxygen atoms in total. The number of anilines is 2. The van der Waals surface area contributed by atoms with Crippen molar-refractivity contribution in [2.45, 2.75) is 46.3 Å². The quantitative estimate of drug-likeness (QED) is 0.705. The van der Waals surface area contributed by atoms with Crippen LogP contribution < -0.4 is 10.6 Å². The molecule has 0 saturated heterocycles. The fraction of sp³-hybridized carbons (Fsp3) is 0.667. The lowest BCUT2D eigenvalue weighted by Crippen LogP contribution is -2.22. The zero-order valence-corrected chi connectivity index (χ0v) is 11.0. The summed E-state index contributed by atoms with van der Waals surface area (Å²) in [7, 11) is 0. The molecule has 1 aromatic rings. The smallest absolute Gasteiger partial charge is 0.134 e. The van der Waals surface area contributed by atoms with Gasteiger partial charge in [0.25, 0.3) is 0 Å². The second-order valence-electron chi connectivity index (χ2n) is 4.36. The number of hydrogen-bond donors (Lipinski definition) is 3. The summed E-state index contributed by atoms with van der Waals surface area (Å²) in [5.41, 5.74) is 1.01. The van der Waals surface area contributed by atoms with Gasteiger partial charge in [-0.1, -0.05) is 0 Å². The zero-order chi connectivity index (χ0) is 12.8. The van der Waals surface area contributed by atoms with E-state index in [0.29, 0.717) is 6.42 Å². The van der Waals surface area contributed by atoms with Crippen molar-refractivity contribution in [2.24, 2.45) is 0 Å². The minimum absolute atomic E-state index is 0.179. The Hall–Kier alpha value is -1.36. The Morgan fingerprint density at radius 2 is 1.94 bits per heavy atom. The van der Waals surface area contributed by atoms with Gasteiger partial charge in [-0.15, -0.1) is 0 Å². The largest absolute Gasteiger partial charge is 0.393 e. The van der Waals surface area contributed by atoms with Gasteiger partial charge in [0.1, 0.15) is 18.0 Å². The summed E-state index contributed by atoms with van der Waals surface area (Å²) in [6.45, 7) is 8.66. The van der Waals surface area contributed by atoms with E-state index in [0.717, 1.165) is 23.7 Å². The SMILES string of the molecule is CCNc1ncnc(NC(C)CC(C)O)c1C. The fourth-order valence-corrected chi connectivity index (χ4v) is 1.75. The molecule has 1 heterocycles. The molecule has 0 aliphatic carbocycles. The number of aromatic nitrogens is 2. The van der Waals surface area contributed by atoms with Crippen molar-refractivity contribution in [1.82, 2.24) is 9.97 Å². The standard InChI is InChI=1S/C12H22N4O/c1-5-13-11-10(4)12(15-7-14-11)16-8(2)6-9(3)17/h7-9,17H,5-6H2,1-4H3,(H2,13,14,15,16). The first-order chi connectivity index (χ1) is 8.04. The van der Waals surface area contributed by atoms with Crippen LogP contribution in [0.5, 0.6) is 0 Å². The fourth-order valence-electron chi connectivity index (χ4n) is 1.75. The highest BCUT2D eigenvalue weighted by atomic mass is 16.3. The van der Waals surface area contributed by atoms with E-state index >= 15 is 0 Å². The third-order valence-electron chi connectivity index (χ3n) is 2.51. The van der Waals surface area contributed by atoms with Gasteiger partial charge in [0, 0.05) is 18.2 Å². The Morgan fingerprint density at radius 1 is 1.29 bits per heavy atom. The van der Waals surface area contributed by atoms with Gasteiger partial charge in [-0.2, -0.15) is 0 Å². The first-order valence-corrected chi connectivity index (χ1v) is 6.04. The topological polar surface area (TPSA) is 70.1 Å². The Balaban J connectivity index is 2.73. The van der Waals surface area contributed by atoms with E-state index in [-0.39, 0.29) is 12.1 Å². The Bertz CT molecular complexity index is 354. The predicted octanol–water partition coefficient (Wildman–Crippen LogP) is 1.79. The molecule has 0 saturated carbocycles. The second kappa shape index (κ2) is 6.39. The summed E-state index contributed by atoms with van der Waals surface area (Å²) < 4.78 is 0. The van der Waals surface area contributed by atoms with Crippen LogP contribution in [0.25, 0.3) is 0 Å². The summed E-state index contributed by atoms with van der Waals surface area (Å²) in [5, 5.41) is 15.8. The van der Waals surface area contributed by atoms with Crippen LogP contribution in [-0.2, 0) is 0 Å². The molecule has 5 heteroatoms. The minimum atomic E-state index is -0.312. The molecule has 1 aromatic heterocycles. The normalized spacial score (nSPS) is 14.2. The molecule has 0 aliphatic heterocycles. The molecule has 17 heavy (non-hydrogen) atoms. The van der Waals surface area contributed by atoms with E-state index in [4.69, 9.17) is 0 Å². The van der Waals surface area contributed by atoms with Gasteiger partial charge in [0.2, 0.25) is 0 Å². The van der Waals surface area contributed by atoms with Crippen molar-refractivity contribution in [2.75, 3.05) is 17.2 Å². The van der Waals surface area contributed by atoms with Crippen molar-refractivity contribution in [1.29, 1.82) is 0 Å². The van der Waals surface area contributed by atoms with Crippen LogP contribution in [0, 0.1) is 6.92 Å². The maximum Gasteiger partial charge on any atom is 0.134 e. The third kappa shape index (κ3) is 4.19. The zero-order valence-electron chi connectivity index (χ0n) is 11.0. The van der Waals surface area contributed by atoms with Crippen molar-refractivity contribution >= 4 is 11.6 Å². The van der Waals surface area contributed by atoms with E-state index < -0.39 is 0 Å². The second-order valence-corrected chi connectivity index (χ2v) is 4.36. The van der Waals surface area contributed by atoms with Crippen molar-refractivity contribution in [3.8, 4) is 0 Å². The summed E-state index contributed by atoms with van der Waals surface area (Å²) in [5.74, 6) is 1.68. The van der Waals surface area contributed by atoms with Gasteiger partial charge >= 0.3 is 0 Å². The molecule has 0 radical (unpaired) electrons. The van der Waals surface area contributed by atoms with E-state index in [9.17, 15) is 5.11 Å². The van der Waals surface area contributed by atoms with Crippen LogP contribution in [0.1, 0.15) is 32.8 Å². The number of hydrogen-bond acceptors (Lipinski definition) is 5. The lowest BCUT2D eigenvalue weighted by molar-refractivity contribution is 0.179. The van der Waals surface area contributed by atoms with Crippen LogP contribution >= 0.6 is 0 Å². The Morgan fingerprint density at radius 3 is 2.53 bits per heavy atom. The number of rotatable bonds is 6. The van der Waals surface area contributed by atoms with Gasteiger partial charge in [0.15, 0.2) is 0 Å². The lowest BCUT2D eigenvalue weighted by Gasteiger charge is -2.18. The van der Waals surface area contributed by atoms with Crippen molar-refractivity contribution < 1.29 is 5.11 Å². The number of aliphatic hydroxyl groups excluding tert-OH is 1. The highest BCUT2D eigenvalue weighted by Crippen LogP contribution is 2.19. The first kappa shape index (κ1) is 13.7. The molecule has 0 amide bonds. The molecule has 2 atom stereocenters. The van der Waals surface area contributed by atoms with Crippen LogP contribution in [0.2, 0.25) is 0 Å². The first-order valence-electron chi connectivity index (χ1n) is 6.04. The lowest BCUT2D eigenvalue weighted by atomic mass is 10.1. The van der Waals surface area contributed by atoms with Crippen molar-refractivity contribution in [3.63, 3.8) is 0 Å².